The lowest BCUT2D eigenvalue weighted by molar-refractivity contribution is -0.144. The summed E-state index contributed by atoms with van der Waals surface area (Å²) in [6, 6.07) is -1.34. The van der Waals surface area contributed by atoms with Crippen molar-refractivity contribution in [1.29, 1.82) is 0 Å². The third-order valence-corrected chi connectivity index (χ3v) is 5.96. The van der Waals surface area contributed by atoms with Crippen molar-refractivity contribution in [2.45, 2.75) is 85.5 Å². The molecular weight excluding hydrogens is 396 g/mol. The molecule has 3 amide bonds. The number of amides is 3. The van der Waals surface area contributed by atoms with Gasteiger partial charge in [-0.15, -0.1) is 0 Å². The van der Waals surface area contributed by atoms with Crippen LogP contribution in [0, 0.1) is 17.8 Å². The summed E-state index contributed by atoms with van der Waals surface area (Å²) in [6.45, 7) is 14.3. The fourth-order valence-electron chi connectivity index (χ4n) is 3.92. The van der Waals surface area contributed by atoms with Gasteiger partial charge in [0.1, 0.15) is 6.04 Å². The Kier molecular flexibility index (Phi) is 13.6. The molecule has 182 valence electrons. The largest absolute Gasteiger partial charge is 0.379 e. The normalized spacial score (nSPS) is 16.4. The van der Waals surface area contributed by atoms with E-state index in [2.05, 4.69) is 29.8 Å². The van der Waals surface area contributed by atoms with Crippen LogP contribution in [0.4, 0.5) is 0 Å². The smallest absolute Gasteiger partial charge is 0.245 e. The van der Waals surface area contributed by atoms with Gasteiger partial charge in [-0.25, -0.2) is 0 Å². The Hall–Kier alpha value is -1.67. The molecule has 1 unspecified atom stereocenters. The number of nitrogens with zero attached hydrogens (tertiary/aromatic N) is 1. The SMILES string of the molecule is CCNC(=O)C[C@@H](OC)C([C@@H](C)CC)N(C)C(=O)[C@@H](NC(=O)[C@@H](NC)C(C)C)C(C)C. The predicted octanol–water partition coefficient (Wildman–Crippen LogP) is 1.79. The average Bonchev–Trinajstić information content (AvgIpc) is 2.70. The van der Waals surface area contributed by atoms with Crippen molar-refractivity contribution in [3.63, 3.8) is 0 Å². The van der Waals surface area contributed by atoms with Crippen LogP contribution in [0.1, 0.15) is 61.3 Å². The second-order valence-corrected chi connectivity index (χ2v) is 9.00. The summed E-state index contributed by atoms with van der Waals surface area (Å²) in [6.07, 6.45) is 0.552. The molecule has 0 aromatic rings. The molecule has 0 aliphatic rings. The van der Waals surface area contributed by atoms with E-state index in [4.69, 9.17) is 4.74 Å². The van der Waals surface area contributed by atoms with Crippen LogP contribution in [-0.2, 0) is 19.1 Å². The number of likely N-dealkylation sites (N-methyl/N-ethyl adjacent to an activating group) is 2. The van der Waals surface area contributed by atoms with Gasteiger partial charge in [-0.1, -0.05) is 48.0 Å². The van der Waals surface area contributed by atoms with Crippen LogP contribution in [0.3, 0.4) is 0 Å². The van der Waals surface area contributed by atoms with Gasteiger partial charge in [0.05, 0.1) is 24.6 Å². The standard InChI is InChI=1S/C23H46N4O4/c1-11-16(7)21(17(31-10)13-18(28)25-12-2)27(9)23(30)20(15(5)6)26-22(29)19(24-8)14(3)4/h14-17,19-21,24H,11-13H2,1-10H3,(H,25,28)(H,26,29)/t16-,17+,19-,20-,21?/m0/s1. The molecule has 0 aromatic heterocycles. The highest BCUT2D eigenvalue weighted by Crippen LogP contribution is 2.23. The highest BCUT2D eigenvalue weighted by atomic mass is 16.5. The predicted molar refractivity (Wildman–Crippen MR) is 125 cm³/mol. The quantitative estimate of drug-likeness (QED) is 0.381. The Morgan fingerprint density at radius 2 is 1.52 bits per heavy atom. The molecule has 3 N–H and O–H groups in total. The molecule has 0 saturated carbocycles. The van der Waals surface area contributed by atoms with Crippen molar-refractivity contribution in [2.24, 2.45) is 17.8 Å². The zero-order valence-corrected chi connectivity index (χ0v) is 21.2. The minimum absolute atomic E-state index is 0.0912. The van der Waals surface area contributed by atoms with E-state index in [0.29, 0.717) is 6.54 Å². The number of rotatable bonds is 14. The van der Waals surface area contributed by atoms with Crippen molar-refractivity contribution < 1.29 is 19.1 Å². The first-order valence-corrected chi connectivity index (χ1v) is 11.5. The second kappa shape index (κ2) is 14.4. The highest BCUT2D eigenvalue weighted by Gasteiger charge is 2.38. The van der Waals surface area contributed by atoms with E-state index in [9.17, 15) is 14.4 Å². The monoisotopic (exact) mass is 442 g/mol. The molecule has 0 saturated heterocycles. The van der Waals surface area contributed by atoms with E-state index < -0.39 is 12.1 Å². The average molecular weight is 443 g/mol. The summed E-state index contributed by atoms with van der Waals surface area (Å²) in [4.78, 5) is 40.2. The number of hydrogen-bond acceptors (Lipinski definition) is 5. The van der Waals surface area contributed by atoms with Gasteiger partial charge in [0, 0.05) is 20.7 Å². The van der Waals surface area contributed by atoms with E-state index in [1.165, 1.54) is 0 Å². The number of carbonyl (C=O) groups excluding carboxylic acids is 3. The van der Waals surface area contributed by atoms with Crippen LogP contribution < -0.4 is 16.0 Å². The molecule has 31 heavy (non-hydrogen) atoms. The summed E-state index contributed by atoms with van der Waals surface area (Å²) in [7, 11) is 5.05. The number of hydrogen-bond donors (Lipinski definition) is 3. The molecule has 0 rings (SSSR count). The number of ether oxygens (including phenoxy) is 1. The van der Waals surface area contributed by atoms with Crippen LogP contribution in [0.5, 0.6) is 0 Å². The Morgan fingerprint density at radius 3 is 1.90 bits per heavy atom. The molecule has 8 heteroatoms. The Morgan fingerprint density at radius 1 is 0.968 bits per heavy atom. The molecule has 0 aliphatic heterocycles. The maximum Gasteiger partial charge on any atom is 0.245 e. The van der Waals surface area contributed by atoms with Gasteiger partial charge in [0.15, 0.2) is 0 Å². The first-order chi connectivity index (χ1) is 14.5. The van der Waals surface area contributed by atoms with Gasteiger partial charge in [-0.2, -0.15) is 0 Å². The van der Waals surface area contributed by atoms with Gasteiger partial charge in [-0.3, -0.25) is 14.4 Å². The van der Waals surface area contributed by atoms with Crippen molar-refractivity contribution in [3.8, 4) is 0 Å². The molecule has 0 fully saturated rings. The summed E-state index contributed by atoms with van der Waals surface area (Å²) >= 11 is 0. The fourth-order valence-corrected chi connectivity index (χ4v) is 3.92. The van der Waals surface area contributed by atoms with E-state index in [0.717, 1.165) is 6.42 Å². The van der Waals surface area contributed by atoms with Crippen molar-refractivity contribution in [1.82, 2.24) is 20.9 Å². The lowest BCUT2D eigenvalue weighted by Crippen LogP contribution is -2.59. The molecule has 0 aliphatic carbocycles. The van der Waals surface area contributed by atoms with E-state index >= 15 is 0 Å². The second-order valence-electron chi connectivity index (χ2n) is 9.00. The van der Waals surface area contributed by atoms with Crippen molar-refractivity contribution in [3.05, 3.63) is 0 Å². The molecule has 5 atom stereocenters. The number of carbonyl (C=O) groups is 3. The molecular formula is C23H46N4O4. The zero-order valence-electron chi connectivity index (χ0n) is 21.2. The minimum Gasteiger partial charge on any atom is -0.379 e. The fraction of sp³-hybridized carbons (Fsp3) is 0.870. The van der Waals surface area contributed by atoms with Crippen molar-refractivity contribution in [2.75, 3.05) is 27.7 Å². The molecule has 0 heterocycles. The van der Waals surface area contributed by atoms with Gasteiger partial charge < -0.3 is 25.6 Å². The zero-order chi connectivity index (χ0) is 24.3. The van der Waals surface area contributed by atoms with Gasteiger partial charge in [0.2, 0.25) is 17.7 Å². The van der Waals surface area contributed by atoms with Crippen LogP contribution >= 0.6 is 0 Å². The van der Waals surface area contributed by atoms with Gasteiger partial charge in [-0.05, 0) is 31.7 Å². The molecule has 0 bridgehead atoms. The highest BCUT2D eigenvalue weighted by molar-refractivity contribution is 5.90. The lowest BCUT2D eigenvalue weighted by atomic mass is 9.89. The van der Waals surface area contributed by atoms with Crippen LogP contribution in [0.15, 0.2) is 0 Å². The van der Waals surface area contributed by atoms with Crippen LogP contribution in [0.2, 0.25) is 0 Å². The first kappa shape index (κ1) is 29.3. The van der Waals surface area contributed by atoms with Crippen molar-refractivity contribution >= 4 is 17.7 Å². The van der Waals surface area contributed by atoms with E-state index in [-0.39, 0.29) is 54.0 Å². The van der Waals surface area contributed by atoms with E-state index in [1.54, 1.807) is 26.1 Å². The Labute approximate surface area is 189 Å². The molecule has 0 radical (unpaired) electrons. The molecule has 8 nitrogen and oxygen atoms in total. The van der Waals surface area contributed by atoms with Crippen LogP contribution in [0.25, 0.3) is 0 Å². The molecule has 0 aromatic carbocycles. The Balaban J connectivity index is 5.76. The maximum atomic E-state index is 13.5. The van der Waals surface area contributed by atoms with E-state index in [1.807, 2.05) is 34.6 Å². The molecule has 0 spiro atoms. The summed E-state index contributed by atoms with van der Waals surface area (Å²) in [5, 5.41) is 8.77. The van der Waals surface area contributed by atoms with Gasteiger partial charge in [0.25, 0.3) is 0 Å². The number of methoxy groups -OCH3 is 1. The summed E-state index contributed by atoms with van der Waals surface area (Å²) in [5.74, 6) is -0.364. The Bertz CT molecular complexity index is 568. The minimum atomic E-state index is -0.666. The third kappa shape index (κ3) is 8.77. The van der Waals surface area contributed by atoms with Gasteiger partial charge >= 0.3 is 0 Å². The topological polar surface area (TPSA) is 99.8 Å². The number of nitrogens with one attached hydrogen (secondary N) is 3. The first-order valence-electron chi connectivity index (χ1n) is 11.5. The third-order valence-electron chi connectivity index (χ3n) is 5.96. The lowest BCUT2D eigenvalue weighted by Gasteiger charge is -2.40. The maximum absolute atomic E-state index is 13.5. The summed E-state index contributed by atoms with van der Waals surface area (Å²) < 4.78 is 5.68. The van der Waals surface area contributed by atoms with Crippen LogP contribution in [-0.4, -0.2) is 74.6 Å². The summed E-state index contributed by atoms with van der Waals surface area (Å²) in [5.41, 5.74) is 0.